The van der Waals surface area contributed by atoms with Gasteiger partial charge in [-0.1, -0.05) is 51.1 Å². The first kappa shape index (κ1) is 20.4. The van der Waals surface area contributed by atoms with Crippen LogP contribution in [0.1, 0.15) is 26.3 Å². The van der Waals surface area contributed by atoms with Crippen molar-refractivity contribution in [3.8, 4) is 0 Å². The number of hydrogen-bond acceptors (Lipinski definition) is 4. The second kappa shape index (κ2) is 7.74. The summed E-state index contributed by atoms with van der Waals surface area (Å²) in [6.45, 7) is 11.4. The average Bonchev–Trinajstić information content (AvgIpc) is 2.72. The highest BCUT2D eigenvalue weighted by molar-refractivity contribution is 9.11. The third-order valence-electron chi connectivity index (χ3n) is 5.05. The van der Waals surface area contributed by atoms with Crippen molar-refractivity contribution < 1.29 is 19.1 Å². The molecule has 0 spiro atoms. The standard InChI is InChI=1S/C19H27BrO4Si/c1-19(2,3)25(4,5)24-18-14(16(21)17(22)15(18)20)12-23-11-13-9-7-6-8-10-13/h6-10,14,18,22H,11-12H2,1-5H3/t14-,18+/m1/s1. The number of ether oxygens (including phenoxy) is 1. The Balaban J connectivity index is 2.08. The van der Waals surface area contributed by atoms with Crippen LogP contribution in [-0.4, -0.2) is 31.9 Å². The van der Waals surface area contributed by atoms with Crippen LogP contribution in [0.2, 0.25) is 18.1 Å². The third-order valence-corrected chi connectivity index (χ3v) is 10.3. The Bertz CT molecular complexity index is 649. The van der Waals surface area contributed by atoms with Crippen molar-refractivity contribution in [2.24, 2.45) is 5.92 Å². The number of aliphatic hydroxyl groups excluding tert-OH is 1. The zero-order chi connectivity index (χ0) is 18.8. The molecule has 2 atom stereocenters. The average molecular weight is 427 g/mol. The number of halogens is 1. The monoisotopic (exact) mass is 426 g/mol. The molecule has 25 heavy (non-hydrogen) atoms. The summed E-state index contributed by atoms with van der Waals surface area (Å²) in [6, 6.07) is 9.81. The number of benzene rings is 1. The molecule has 0 unspecified atom stereocenters. The lowest BCUT2D eigenvalue weighted by Crippen LogP contribution is -2.46. The Morgan fingerprint density at radius 2 is 1.80 bits per heavy atom. The minimum Gasteiger partial charge on any atom is -0.504 e. The molecule has 0 aliphatic heterocycles. The van der Waals surface area contributed by atoms with Crippen molar-refractivity contribution >= 4 is 30.0 Å². The molecule has 0 bridgehead atoms. The van der Waals surface area contributed by atoms with Gasteiger partial charge in [-0.3, -0.25) is 4.79 Å². The number of carbonyl (C=O) groups excluding carboxylic acids is 1. The summed E-state index contributed by atoms with van der Waals surface area (Å²) in [5.74, 6) is -1.08. The van der Waals surface area contributed by atoms with Gasteiger partial charge in [-0.05, 0) is 39.6 Å². The Morgan fingerprint density at radius 1 is 1.20 bits per heavy atom. The summed E-state index contributed by atoms with van der Waals surface area (Å²) in [4.78, 5) is 12.4. The second-order valence-electron chi connectivity index (χ2n) is 7.97. The molecule has 0 fully saturated rings. The maximum Gasteiger partial charge on any atom is 0.206 e. The Morgan fingerprint density at radius 3 is 2.36 bits per heavy atom. The SMILES string of the molecule is CC(C)(C)[Si](C)(C)O[C@@H]1C(Br)=C(O)C(=O)[C@H]1COCc1ccccc1. The maximum absolute atomic E-state index is 12.4. The van der Waals surface area contributed by atoms with E-state index in [4.69, 9.17) is 9.16 Å². The van der Waals surface area contributed by atoms with Crippen LogP contribution in [0.25, 0.3) is 0 Å². The summed E-state index contributed by atoms with van der Waals surface area (Å²) in [5.41, 5.74) is 1.05. The van der Waals surface area contributed by atoms with Crippen molar-refractivity contribution in [3.63, 3.8) is 0 Å². The van der Waals surface area contributed by atoms with Crippen molar-refractivity contribution in [1.29, 1.82) is 0 Å². The smallest absolute Gasteiger partial charge is 0.206 e. The molecule has 1 aliphatic rings. The molecule has 1 aromatic rings. The first-order valence-electron chi connectivity index (χ1n) is 8.47. The number of allylic oxidation sites excluding steroid dienone is 1. The number of rotatable bonds is 6. The summed E-state index contributed by atoms with van der Waals surface area (Å²) in [6.07, 6.45) is -0.482. The number of aliphatic hydroxyl groups is 1. The highest BCUT2D eigenvalue weighted by atomic mass is 79.9. The van der Waals surface area contributed by atoms with E-state index < -0.39 is 20.3 Å². The number of carbonyl (C=O) groups is 1. The first-order valence-corrected chi connectivity index (χ1v) is 12.2. The van der Waals surface area contributed by atoms with Crippen LogP contribution in [0.15, 0.2) is 40.6 Å². The van der Waals surface area contributed by atoms with Gasteiger partial charge in [0, 0.05) is 0 Å². The molecule has 6 heteroatoms. The minimum atomic E-state index is -2.10. The van der Waals surface area contributed by atoms with Gasteiger partial charge in [0.15, 0.2) is 14.1 Å². The lowest BCUT2D eigenvalue weighted by molar-refractivity contribution is -0.124. The van der Waals surface area contributed by atoms with Crippen molar-refractivity contribution in [3.05, 3.63) is 46.1 Å². The highest BCUT2D eigenvalue weighted by Crippen LogP contribution is 2.42. The van der Waals surface area contributed by atoms with Gasteiger partial charge in [0.2, 0.25) is 5.78 Å². The number of hydrogen-bond donors (Lipinski definition) is 1. The van der Waals surface area contributed by atoms with E-state index in [1.54, 1.807) is 0 Å². The fourth-order valence-corrected chi connectivity index (χ4v) is 4.46. The van der Waals surface area contributed by atoms with E-state index in [-0.39, 0.29) is 23.2 Å². The molecule has 0 aromatic heterocycles. The molecule has 0 heterocycles. The van der Waals surface area contributed by atoms with E-state index in [0.29, 0.717) is 11.1 Å². The van der Waals surface area contributed by atoms with E-state index in [1.165, 1.54) is 0 Å². The van der Waals surface area contributed by atoms with Gasteiger partial charge in [-0.25, -0.2) is 0 Å². The molecule has 1 N–H and O–H groups in total. The Labute approximate surface area is 159 Å². The minimum absolute atomic E-state index is 0.0109. The molecule has 4 nitrogen and oxygen atoms in total. The fourth-order valence-electron chi connectivity index (χ4n) is 2.41. The van der Waals surface area contributed by atoms with E-state index >= 15 is 0 Å². The quantitative estimate of drug-likeness (QED) is 0.653. The second-order valence-corrected chi connectivity index (χ2v) is 13.6. The maximum atomic E-state index is 12.4. The van der Waals surface area contributed by atoms with Gasteiger partial charge < -0.3 is 14.3 Å². The van der Waals surface area contributed by atoms with E-state index in [1.807, 2.05) is 30.3 Å². The molecule has 2 rings (SSSR count). The van der Waals surface area contributed by atoms with E-state index in [9.17, 15) is 9.90 Å². The van der Waals surface area contributed by atoms with Crippen molar-refractivity contribution in [2.75, 3.05) is 6.61 Å². The zero-order valence-electron chi connectivity index (χ0n) is 15.5. The summed E-state index contributed by atoms with van der Waals surface area (Å²) in [5, 5.41) is 10.1. The van der Waals surface area contributed by atoms with Crippen molar-refractivity contribution in [1.82, 2.24) is 0 Å². The topological polar surface area (TPSA) is 55.8 Å². The van der Waals surface area contributed by atoms with Crippen LogP contribution in [0, 0.1) is 5.92 Å². The first-order chi connectivity index (χ1) is 11.5. The molecule has 0 saturated heterocycles. The van der Waals surface area contributed by atoms with Crippen LogP contribution in [0.4, 0.5) is 0 Å². The largest absolute Gasteiger partial charge is 0.504 e. The number of ketones is 1. The van der Waals surface area contributed by atoms with Crippen LogP contribution in [-0.2, 0) is 20.6 Å². The van der Waals surface area contributed by atoms with Crippen LogP contribution < -0.4 is 0 Å². The zero-order valence-corrected chi connectivity index (χ0v) is 18.1. The van der Waals surface area contributed by atoms with Gasteiger partial charge in [0.1, 0.15) is 0 Å². The van der Waals surface area contributed by atoms with Gasteiger partial charge in [-0.15, -0.1) is 0 Å². The van der Waals surface area contributed by atoms with Gasteiger partial charge in [0.05, 0.1) is 29.7 Å². The van der Waals surface area contributed by atoms with E-state index in [2.05, 4.69) is 49.8 Å². The lowest BCUT2D eigenvalue weighted by atomic mass is 10.1. The Kier molecular flexibility index (Phi) is 6.30. The molecule has 1 aliphatic carbocycles. The summed E-state index contributed by atoms with van der Waals surface area (Å²) >= 11 is 3.36. The molecule has 0 amide bonds. The van der Waals surface area contributed by atoms with Gasteiger partial charge in [0.25, 0.3) is 0 Å². The predicted molar refractivity (Wildman–Crippen MR) is 105 cm³/mol. The normalized spacial score (nSPS) is 21.9. The molecule has 0 saturated carbocycles. The van der Waals surface area contributed by atoms with E-state index in [0.717, 1.165) is 5.56 Å². The molecule has 138 valence electrons. The van der Waals surface area contributed by atoms with Crippen LogP contribution in [0.5, 0.6) is 0 Å². The van der Waals surface area contributed by atoms with Gasteiger partial charge >= 0.3 is 0 Å². The predicted octanol–water partition coefficient (Wildman–Crippen LogP) is 4.96. The molecular weight excluding hydrogens is 400 g/mol. The highest BCUT2D eigenvalue weighted by Gasteiger charge is 2.48. The van der Waals surface area contributed by atoms with Crippen LogP contribution >= 0.6 is 15.9 Å². The van der Waals surface area contributed by atoms with Crippen LogP contribution in [0.3, 0.4) is 0 Å². The summed E-state index contributed by atoms with van der Waals surface area (Å²) < 4.78 is 12.6. The molecular formula is C19H27BrO4Si. The Hall–Kier alpha value is -0.953. The molecule has 1 aromatic carbocycles. The summed E-state index contributed by atoms with van der Waals surface area (Å²) in [7, 11) is -2.10. The molecule has 0 radical (unpaired) electrons. The van der Waals surface area contributed by atoms with Gasteiger partial charge in [-0.2, -0.15) is 0 Å². The fraction of sp³-hybridized carbons (Fsp3) is 0.526. The van der Waals surface area contributed by atoms with Crippen molar-refractivity contribution in [2.45, 2.75) is 51.6 Å². The lowest BCUT2D eigenvalue weighted by Gasteiger charge is -2.39. The third kappa shape index (κ3) is 4.61. The number of Topliss-reactive ketones (excluding diaryl/α,β-unsaturated/α-hetero) is 1.